The molecule has 0 spiro atoms. The highest BCUT2D eigenvalue weighted by molar-refractivity contribution is 7.47. The van der Waals surface area contributed by atoms with Crippen LogP contribution in [-0.2, 0) is 50.5 Å². The number of hydrogen-bond donors (Lipinski definition) is 11. The Morgan fingerprint density at radius 3 is 0.967 bits per heavy atom. The SMILES string of the molecule is Cc1cn([C@H]2C[C@H](OP(=O)(O)O)[C@@](CNC(=O)c3ccc4ccc5cccc6ccc3c4c56)(COP(=O)(O)O[C@H]3C[C@H](n4cc(C)c(=O)[nH]c4=O)O[C@]3(CNC(=O)c3ccc4ccc5cccc6ccc3c4c56)COP(=O)(O)O[C@H]3C[C@H](n4cc(C)c(=O)[nH]c4=O)O[C@@]3(CO)CNC(=O)c3ccc4ccc5cccc6ccc3c4c56)O2)c(=O)[nH]c1=O. The zero-order chi connectivity index (χ0) is 84.7. The summed E-state index contributed by atoms with van der Waals surface area (Å²) in [4.78, 5) is 178. The van der Waals surface area contributed by atoms with E-state index in [-0.39, 0.29) is 33.4 Å². The van der Waals surface area contributed by atoms with Gasteiger partial charge < -0.3 is 54.8 Å². The second-order valence-electron chi connectivity index (χ2n) is 30.9. The van der Waals surface area contributed by atoms with E-state index in [2.05, 4.69) is 30.9 Å². The van der Waals surface area contributed by atoms with Crippen LogP contribution >= 0.6 is 23.5 Å². The molecule has 3 saturated heterocycles. The van der Waals surface area contributed by atoms with E-state index in [4.69, 9.17) is 36.8 Å². The Bertz CT molecular complexity index is 7300. The molecule has 0 bridgehead atoms. The molecule has 0 radical (unpaired) electrons. The van der Waals surface area contributed by atoms with Gasteiger partial charge in [0.25, 0.3) is 34.4 Å². The zero-order valence-corrected chi connectivity index (χ0v) is 66.9. The molecule has 3 fully saturated rings. The molecule has 15 aromatic rings. The van der Waals surface area contributed by atoms with Crippen LogP contribution in [0.1, 0.15) is 85.7 Å². The fourth-order valence-electron chi connectivity index (χ4n) is 17.4. The third-order valence-corrected chi connectivity index (χ3v) is 25.9. The maximum absolute atomic E-state index is 15.6. The summed E-state index contributed by atoms with van der Waals surface area (Å²) in [5.74, 6) is -2.41. The van der Waals surface area contributed by atoms with Crippen molar-refractivity contribution in [2.75, 3.05) is 39.5 Å². The number of hydrogen-bond acceptors (Lipinski definition) is 21. The predicted octanol–water partition coefficient (Wildman–Crippen LogP) is 8.99. The quantitative estimate of drug-likeness (QED) is 0.0188. The third-order valence-electron chi connectivity index (χ3n) is 23.4. The number of aromatic nitrogens is 6. The Labute approximate surface area is 680 Å². The summed E-state index contributed by atoms with van der Waals surface area (Å²) in [5, 5.41) is 33.7. The maximum atomic E-state index is 15.6. The minimum atomic E-state index is -6.07. The highest BCUT2D eigenvalue weighted by atomic mass is 31.2. The number of phosphoric ester groups is 3. The topological polar surface area (TPSA) is 478 Å². The van der Waals surface area contributed by atoms with Crippen molar-refractivity contribution in [3.63, 3.8) is 0 Å². The van der Waals surface area contributed by atoms with Crippen LogP contribution in [0.15, 0.2) is 211 Å². The van der Waals surface area contributed by atoms with Gasteiger partial charge in [0.15, 0.2) is 0 Å². The Hall–Kier alpha value is -11.6. The molecule has 18 rings (SSSR count). The molecule has 3 amide bonds. The largest absolute Gasteiger partial charge is 0.472 e. The Balaban J connectivity index is 0.710. The molecular formula is C84H74N9O25P3. The van der Waals surface area contributed by atoms with Gasteiger partial charge in [-0.2, -0.15) is 0 Å². The first-order valence-electron chi connectivity index (χ1n) is 38.3. The number of amides is 3. The molecule has 620 valence electrons. The van der Waals surface area contributed by atoms with E-state index in [0.29, 0.717) is 26.9 Å². The number of phosphoric acid groups is 3. The van der Waals surface area contributed by atoms with Crippen LogP contribution in [0, 0.1) is 20.8 Å². The summed E-state index contributed by atoms with van der Waals surface area (Å²) in [7, 11) is -17.7. The molecule has 11 N–H and O–H groups in total. The minimum absolute atomic E-state index is 0.00942. The molecule has 0 saturated carbocycles. The Kier molecular flexibility index (Phi) is 20.1. The van der Waals surface area contributed by atoms with Crippen LogP contribution in [0.2, 0.25) is 0 Å². The molecule has 121 heavy (non-hydrogen) atoms. The first kappa shape index (κ1) is 80.4. The lowest BCUT2D eigenvalue weighted by molar-refractivity contribution is -0.136. The van der Waals surface area contributed by atoms with Crippen LogP contribution in [0.3, 0.4) is 0 Å². The summed E-state index contributed by atoms with van der Waals surface area (Å²) in [6, 6.07) is 49.2. The number of carbonyl (C=O) groups is 3. The smallest absolute Gasteiger partial charge is 0.393 e. The van der Waals surface area contributed by atoms with Crippen LogP contribution in [-0.4, -0.2) is 146 Å². The Morgan fingerprint density at radius 2 is 0.661 bits per heavy atom. The number of aliphatic hydroxyl groups excluding tert-OH is 1. The first-order chi connectivity index (χ1) is 57.8. The van der Waals surface area contributed by atoms with Crippen molar-refractivity contribution in [3.8, 4) is 0 Å². The van der Waals surface area contributed by atoms with Crippen LogP contribution in [0.4, 0.5) is 0 Å². The molecule has 3 aromatic heterocycles. The van der Waals surface area contributed by atoms with E-state index in [1.54, 1.807) is 42.5 Å². The number of aliphatic hydroxyl groups is 1. The number of H-pyrrole nitrogens is 3. The van der Waals surface area contributed by atoms with E-state index in [1.165, 1.54) is 32.9 Å². The van der Waals surface area contributed by atoms with Gasteiger partial charge in [0, 0.05) is 71.2 Å². The number of carbonyl (C=O) groups excluding carboxylic acids is 3. The lowest BCUT2D eigenvalue weighted by atomic mass is 9.91. The van der Waals surface area contributed by atoms with Crippen molar-refractivity contribution in [2.24, 2.45) is 0 Å². The first-order valence-corrected chi connectivity index (χ1v) is 42.8. The maximum Gasteiger partial charge on any atom is 0.472 e. The van der Waals surface area contributed by atoms with Crippen LogP contribution < -0.4 is 49.7 Å². The summed E-state index contributed by atoms with van der Waals surface area (Å²) >= 11 is 0. The fraction of sp³-hybridized carbons (Fsp3) is 0.250. The number of ether oxygens (including phenoxy) is 3. The molecule has 12 aromatic carbocycles. The zero-order valence-electron chi connectivity index (χ0n) is 64.2. The second-order valence-corrected chi connectivity index (χ2v) is 34.9. The molecule has 34 nitrogen and oxygen atoms in total. The van der Waals surface area contributed by atoms with Gasteiger partial charge in [0.05, 0.1) is 39.5 Å². The highest BCUT2D eigenvalue weighted by Gasteiger charge is 2.59. The molecule has 6 heterocycles. The molecule has 2 unspecified atom stereocenters. The predicted molar refractivity (Wildman–Crippen MR) is 443 cm³/mol. The van der Waals surface area contributed by atoms with Crippen molar-refractivity contribution in [2.45, 2.75) is 93.8 Å². The lowest BCUT2D eigenvalue weighted by Gasteiger charge is -2.37. The lowest BCUT2D eigenvalue weighted by Crippen LogP contribution is -2.54. The van der Waals surface area contributed by atoms with Crippen LogP contribution in [0.5, 0.6) is 0 Å². The van der Waals surface area contributed by atoms with E-state index in [0.717, 1.165) is 102 Å². The van der Waals surface area contributed by atoms with Crippen molar-refractivity contribution >= 4 is 138 Å². The number of nitrogens with one attached hydrogen (secondary N) is 6. The summed E-state index contributed by atoms with van der Waals surface area (Å²) in [6.45, 7) is -2.47. The molecule has 0 aliphatic carbocycles. The number of rotatable bonds is 25. The average Bonchev–Trinajstić information content (AvgIpc) is 1.72. The summed E-state index contributed by atoms with van der Waals surface area (Å²) in [6.07, 6.45) is -9.99. The van der Waals surface area contributed by atoms with Crippen molar-refractivity contribution in [3.05, 3.63) is 278 Å². The van der Waals surface area contributed by atoms with Gasteiger partial charge in [-0.15, -0.1) is 0 Å². The number of aryl methyl sites for hydroxylation is 3. The third kappa shape index (κ3) is 14.5. The minimum Gasteiger partial charge on any atom is -0.393 e. The van der Waals surface area contributed by atoms with Crippen LogP contribution in [0.25, 0.3) is 97.0 Å². The van der Waals surface area contributed by atoms with E-state index < -0.39 is 187 Å². The number of aromatic amines is 3. The Morgan fingerprint density at radius 1 is 0.397 bits per heavy atom. The molecule has 11 atom stereocenters. The number of nitrogens with zero attached hydrogens (tertiary/aromatic N) is 3. The molecule has 3 aliphatic heterocycles. The summed E-state index contributed by atoms with van der Waals surface area (Å²) < 4.78 is 96.3. The molecule has 37 heteroatoms. The van der Waals surface area contributed by atoms with Gasteiger partial charge in [0.2, 0.25) is 0 Å². The normalized spacial score (nSPS) is 22.5. The van der Waals surface area contributed by atoms with Gasteiger partial charge >= 0.3 is 40.5 Å². The van der Waals surface area contributed by atoms with E-state index >= 15 is 13.9 Å². The van der Waals surface area contributed by atoms with Gasteiger partial charge in [0.1, 0.15) is 53.8 Å². The van der Waals surface area contributed by atoms with E-state index in [9.17, 15) is 67.6 Å². The average molecular weight is 1700 g/mol. The van der Waals surface area contributed by atoms with Crippen molar-refractivity contribution < 1.29 is 89.6 Å². The van der Waals surface area contributed by atoms with Gasteiger partial charge in [-0.25, -0.2) is 28.1 Å². The van der Waals surface area contributed by atoms with Crippen molar-refractivity contribution in [1.29, 1.82) is 0 Å². The number of benzene rings is 12. The standard InChI is InChI=1S/C84H74N9O25P3/c1-43-34-91(79(101)88-73(43)95)64-31-61(82(40-94,113-64)37-85-76(98)58-28-22-52-16-13-46-7-4-10-49-19-25-55(58)70(52)67(46)49)117-120(107,108)112-42-84(39-87-78(100)60-30-24-54-18-15-48-9-6-12-51-21-27-57(60)72(54)69(48)51)63(33-66(115-84)93-36-45(3)75(97)90-81(93)103)118-121(109,110)111-41-83(62(116-119(104,105)106)32-65(114-83)92-35-44(2)74(96)89-80(92)102)38-86-77(99)59-29-23-53-17-14-47-8-5-11-50-20-26-56(59)71(53)68(47)50/h4-30,34-36,61-66,94H,31-33,37-42H2,1-3H3,(H,85,98)(H,86,99)(H,87,100)(H,107,108)(H,109,110)(H,88,95,101)(H,89,96,102)(H,90,97,103)(H2,104,105,106)/t61-,62-,63-,64+,65+,66+,82+,83+,84+/m0/s1. The van der Waals surface area contributed by atoms with Crippen molar-refractivity contribution in [1.82, 2.24) is 44.6 Å². The highest BCUT2D eigenvalue weighted by Crippen LogP contribution is 2.57. The molecular weight excluding hydrogens is 1630 g/mol. The monoisotopic (exact) mass is 1700 g/mol. The second kappa shape index (κ2) is 30.2. The van der Waals surface area contributed by atoms with Gasteiger partial charge in [-0.05, 0) is 136 Å². The summed E-state index contributed by atoms with van der Waals surface area (Å²) in [5.41, 5.74) is -13.1. The fourth-order valence-corrected chi connectivity index (χ4v) is 20.1. The molecule has 3 aliphatic rings. The van der Waals surface area contributed by atoms with E-state index in [1.807, 2.05) is 109 Å². The van der Waals surface area contributed by atoms with Gasteiger partial charge in [-0.3, -0.25) is 80.0 Å². The van der Waals surface area contributed by atoms with Gasteiger partial charge in [-0.1, -0.05) is 146 Å².